The molecule has 2 atom stereocenters. The highest BCUT2D eigenvalue weighted by molar-refractivity contribution is 4.64. The number of hydrogen-bond acceptors (Lipinski definition) is 1. The first kappa shape index (κ1) is 21.0. The highest BCUT2D eigenvalue weighted by Gasteiger charge is 2.13. The summed E-state index contributed by atoms with van der Waals surface area (Å²) in [6.45, 7) is 8.80. The van der Waals surface area contributed by atoms with Gasteiger partial charge in [0.1, 0.15) is 0 Å². The van der Waals surface area contributed by atoms with Crippen molar-refractivity contribution < 1.29 is 5.11 Å². The average Bonchev–Trinajstić information content (AvgIpc) is 2.44. The van der Waals surface area contributed by atoms with E-state index in [1.807, 2.05) is 0 Å². The molecular formula is C20H42O. The van der Waals surface area contributed by atoms with Crippen LogP contribution in [0.5, 0.6) is 0 Å². The molecule has 0 rings (SSSR count). The van der Waals surface area contributed by atoms with Crippen LogP contribution in [-0.2, 0) is 0 Å². The topological polar surface area (TPSA) is 20.2 Å². The van der Waals surface area contributed by atoms with E-state index in [1.165, 1.54) is 77.0 Å². The van der Waals surface area contributed by atoms with E-state index in [9.17, 15) is 5.11 Å². The maximum absolute atomic E-state index is 9.87. The first-order valence-corrected chi connectivity index (χ1v) is 9.76. The fraction of sp³-hybridized carbons (Fsp3) is 1.00. The van der Waals surface area contributed by atoms with E-state index in [0.717, 1.165) is 6.42 Å². The second-order valence-electron chi connectivity index (χ2n) is 7.48. The molecule has 0 bridgehead atoms. The Balaban J connectivity index is 3.21. The number of hydrogen-bond donors (Lipinski definition) is 1. The molecule has 0 aromatic carbocycles. The van der Waals surface area contributed by atoms with Crippen molar-refractivity contribution >= 4 is 0 Å². The minimum Gasteiger partial charge on any atom is -0.393 e. The molecule has 0 aromatic rings. The zero-order chi connectivity index (χ0) is 15.9. The number of unbranched alkanes of at least 4 members (excludes halogenated alkanes) is 10. The fourth-order valence-corrected chi connectivity index (χ4v) is 2.96. The van der Waals surface area contributed by atoms with E-state index in [0.29, 0.717) is 11.8 Å². The van der Waals surface area contributed by atoms with Crippen LogP contribution in [-0.4, -0.2) is 11.2 Å². The maximum atomic E-state index is 9.87. The molecule has 0 fully saturated rings. The van der Waals surface area contributed by atoms with E-state index in [4.69, 9.17) is 0 Å². The quantitative estimate of drug-likeness (QED) is 0.332. The van der Waals surface area contributed by atoms with Gasteiger partial charge in [0.2, 0.25) is 0 Å². The molecule has 1 unspecified atom stereocenters. The van der Waals surface area contributed by atoms with Crippen LogP contribution in [0.1, 0.15) is 111 Å². The van der Waals surface area contributed by atoms with Crippen LogP contribution in [0.25, 0.3) is 0 Å². The molecule has 0 aliphatic rings. The standard InChI is InChI=1S/C20H42O/c1-5-6-7-8-9-10-11-12-13-14-15-16-19(4)17-20(21)18(2)3/h18-21H,5-17H2,1-4H3/t19-,20?/m0/s1. The smallest absolute Gasteiger partial charge is 0.0565 e. The second-order valence-corrected chi connectivity index (χ2v) is 7.48. The number of aliphatic hydroxyl groups excluding tert-OH is 1. The fourth-order valence-electron chi connectivity index (χ4n) is 2.96. The van der Waals surface area contributed by atoms with Crippen molar-refractivity contribution in [1.82, 2.24) is 0 Å². The minimum atomic E-state index is -0.104. The Morgan fingerprint density at radius 2 is 1.10 bits per heavy atom. The Hall–Kier alpha value is -0.0400. The normalized spacial score (nSPS) is 14.6. The van der Waals surface area contributed by atoms with Crippen molar-refractivity contribution in [2.45, 2.75) is 117 Å². The molecule has 1 nitrogen and oxygen atoms in total. The molecule has 0 amide bonds. The first-order chi connectivity index (χ1) is 10.1. The first-order valence-electron chi connectivity index (χ1n) is 9.76. The predicted octanol–water partition coefficient (Wildman–Crippen LogP) is 6.73. The summed E-state index contributed by atoms with van der Waals surface area (Å²) in [5.41, 5.74) is 0. The molecule has 1 heteroatoms. The van der Waals surface area contributed by atoms with Gasteiger partial charge in [0.25, 0.3) is 0 Å². The maximum Gasteiger partial charge on any atom is 0.0565 e. The lowest BCUT2D eigenvalue weighted by Crippen LogP contribution is -2.18. The van der Waals surface area contributed by atoms with Gasteiger partial charge in [-0.1, -0.05) is 105 Å². The molecule has 0 heterocycles. The Bertz CT molecular complexity index is 200. The monoisotopic (exact) mass is 298 g/mol. The molecule has 1 N–H and O–H groups in total. The van der Waals surface area contributed by atoms with Crippen molar-refractivity contribution in [3.63, 3.8) is 0 Å². The SMILES string of the molecule is CCCCCCCCCCCCC[C@H](C)CC(O)C(C)C. The predicted molar refractivity (Wildman–Crippen MR) is 95.7 cm³/mol. The average molecular weight is 299 g/mol. The third-order valence-corrected chi connectivity index (χ3v) is 4.71. The Labute approximate surface area is 134 Å². The van der Waals surface area contributed by atoms with Gasteiger partial charge in [-0.15, -0.1) is 0 Å². The molecule has 128 valence electrons. The molecule has 0 saturated carbocycles. The van der Waals surface area contributed by atoms with Gasteiger partial charge >= 0.3 is 0 Å². The summed E-state index contributed by atoms with van der Waals surface area (Å²) in [4.78, 5) is 0. The van der Waals surface area contributed by atoms with Crippen molar-refractivity contribution in [1.29, 1.82) is 0 Å². The van der Waals surface area contributed by atoms with Crippen LogP contribution in [0.3, 0.4) is 0 Å². The number of rotatable bonds is 15. The lowest BCUT2D eigenvalue weighted by molar-refractivity contribution is 0.0979. The summed E-state index contributed by atoms with van der Waals surface area (Å²) >= 11 is 0. The van der Waals surface area contributed by atoms with Crippen LogP contribution in [0.15, 0.2) is 0 Å². The van der Waals surface area contributed by atoms with Crippen molar-refractivity contribution in [3.05, 3.63) is 0 Å². The van der Waals surface area contributed by atoms with Gasteiger partial charge in [0.05, 0.1) is 6.10 Å². The summed E-state index contributed by atoms with van der Waals surface area (Å²) in [5, 5.41) is 9.87. The third kappa shape index (κ3) is 14.7. The third-order valence-electron chi connectivity index (χ3n) is 4.71. The van der Waals surface area contributed by atoms with E-state index in [-0.39, 0.29) is 6.10 Å². The van der Waals surface area contributed by atoms with Gasteiger partial charge in [-0.2, -0.15) is 0 Å². The van der Waals surface area contributed by atoms with Gasteiger partial charge in [-0.25, -0.2) is 0 Å². The molecule has 0 aliphatic heterocycles. The molecule has 0 aliphatic carbocycles. The molecule has 0 radical (unpaired) electrons. The van der Waals surface area contributed by atoms with Crippen LogP contribution < -0.4 is 0 Å². The molecular weight excluding hydrogens is 256 g/mol. The Morgan fingerprint density at radius 3 is 1.52 bits per heavy atom. The highest BCUT2D eigenvalue weighted by atomic mass is 16.3. The van der Waals surface area contributed by atoms with E-state index < -0.39 is 0 Å². The summed E-state index contributed by atoms with van der Waals surface area (Å²) < 4.78 is 0. The van der Waals surface area contributed by atoms with Crippen LogP contribution >= 0.6 is 0 Å². The number of aliphatic hydroxyl groups is 1. The van der Waals surface area contributed by atoms with Crippen molar-refractivity contribution in [3.8, 4) is 0 Å². The van der Waals surface area contributed by atoms with Gasteiger partial charge in [-0.3, -0.25) is 0 Å². The summed E-state index contributed by atoms with van der Waals surface area (Å²) in [7, 11) is 0. The van der Waals surface area contributed by atoms with Crippen LogP contribution in [0.4, 0.5) is 0 Å². The lowest BCUT2D eigenvalue weighted by atomic mass is 9.92. The van der Waals surface area contributed by atoms with Gasteiger partial charge in [0.15, 0.2) is 0 Å². The van der Waals surface area contributed by atoms with Gasteiger partial charge < -0.3 is 5.11 Å². The van der Waals surface area contributed by atoms with E-state index in [2.05, 4.69) is 27.7 Å². The zero-order valence-electron chi connectivity index (χ0n) is 15.4. The van der Waals surface area contributed by atoms with E-state index >= 15 is 0 Å². The summed E-state index contributed by atoms with van der Waals surface area (Å²) in [5.74, 6) is 1.09. The minimum absolute atomic E-state index is 0.104. The second kappa shape index (κ2) is 14.9. The largest absolute Gasteiger partial charge is 0.393 e. The summed E-state index contributed by atoms with van der Waals surface area (Å²) in [6, 6.07) is 0. The van der Waals surface area contributed by atoms with E-state index in [1.54, 1.807) is 0 Å². The van der Waals surface area contributed by atoms with Gasteiger partial charge in [0, 0.05) is 0 Å². The highest BCUT2D eigenvalue weighted by Crippen LogP contribution is 2.19. The van der Waals surface area contributed by atoms with Crippen molar-refractivity contribution in [2.75, 3.05) is 0 Å². The molecule has 21 heavy (non-hydrogen) atoms. The molecule has 0 spiro atoms. The summed E-state index contributed by atoms with van der Waals surface area (Å²) in [6.07, 6.45) is 17.7. The Morgan fingerprint density at radius 1 is 0.667 bits per heavy atom. The van der Waals surface area contributed by atoms with Gasteiger partial charge in [-0.05, 0) is 18.3 Å². The molecule has 0 saturated heterocycles. The lowest BCUT2D eigenvalue weighted by Gasteiger charge is -2.19. The van der Waals surface area contributed by atoms with Crippen LogP contribution in [0, 0.1) is 11.8 Å². The van der Waals surface area contributed by atoms with Crippen LogP contribution in [0.2, 0.25) is 0 Å². The Kier molecular flexibility index (Phi) is 14.9. The van der Waals surface area contributed by atoms with Crippen molar-refractivity contribution in [2.24, 2.45) is 11.8 Å². The molecule has 0 aromatic heterocycles. The zero-order valence-corrected chi connectivity index (χ0v) is 15.4.